The number of rotatable bonds is 3. The van der Waals surface area contributed by atoms with Gasteiger partial charge in [-0.05, 0) is 37.5 Å². The molecule has 1 saturated carbocycles. The van der Waals surface area contributed by atoms with Crippen molar-refractivity contribution in [2.75, 3.05) is 0 Å². The predicted molar refractivity (Wildman–Crippen MR) is 63.6 cm³/mol. The Balaban J connectivity index is 2.02. The minimum absolute atomic E-state index is 0.371. The van der Waals surface area contributed by atoms with Crippen molar-refractivity contribution in [1.82, 2.24) is 5.32 Å². The lowest BCUT2D eigenvalue weighted by molar-refractivity contribution is 0.538. The molecule has 76 valence electrons. The minimum atomic E-state index is 0.371. The van der Waals surface area contributed by atoms with Crippen molar-refractivity contribution in [3.63, 3.8) is 0 Å². The standard InChI is InChI=1S/C11H13BrClN/c1-11(4-5-11)14-7-8-2-3-9(12)6-10(8)13/h2-3,6,14H,4-5,7H2,1H3. The molecule has 0 atom stereocenters. The molecule has 0 saturated heterocycles. The smallest absolute Gasteiger partial charge is 0.0462 e. The summed E-state index contributed by atoms with van der Waals surface area (Å²) in [5.41, 5.74) is 1.54. The Kier molecular flexibility index (Phi) is 2.87. The largest absolute Gasteiger partial charge is 0.307 e. The summed E-state index contributed by atoms with van der Waals surface area (Å²) in [4.78, 5) is 0. The van der Waals surface area contributed by atoms with Crippen LogP contribution < -0.4 is 5.32 Å². The molecule has 1 aromatic rings. The molecule has 0 spiro atoms. The summed E-state index contributed by atoms with van der Waals surface area (Å²) >= 11 is 9.50. The summed E-state index contributed by atoms with van der Waals surface area (Å²) in [7, 11) is 0. The number of hydrogen-bond donors (Lipinski definition) is 1. The topological polar surface area (TPSA) is 12.0 Å². The number of halogens is 2. The van der Waals surface area contributed by atoms with E-state index >= 15 is 0 Å². The lowest BCUT2D eigenvalue weighted by Crippen LogP contribution is -2.27. The van der Waals surface area contributed by atoms with Crippen molar-refractivity contribution in [1.29, 1.82) is 0 Å². The van der Waals surface area contributed by atoms with Crippen molar-refractivity contribution in [3.05, 3.63) is 33.3 Å². The molecule has 3 heteroatoms. The van der Waals surface area contributed by atoms with Crippen LogP contribution in [-0.4, -0.2) is 5.54 Å². The van der Waals surface area contributed by atoms with Crippen molar-refractivity contribution < 1.29 is 0 Å². The van der Waals surface area contributed by atoms with Crippen LogP contribution >= 0.6 is 27.5 Å². The van der Waals surface area contributed by atoms with Crippen LogP contribution in [-0.2, 0) is 6.54 Å². The molecule has 1 aliphatic rings. The van der Waals surface area contributed by atoms with Gasteiger partial charge in [0.25, 0.3) is 0 Å². The third kappa shape index (κ3) is 2.50. The van der Waals surface area contributed by atoms with E-state index in [-0.39, 0.29) is 0 Å². The monoisotopic (exact) mass is 273 g/mol. The maximum atomic E-state index is 6.11. The first-order valence-corrected chi connectivity index (χ1v) is 5.95. The lowest BCUT2D eigenvalue weighted by Gasteiger charge is -2.12. The van der Waals surface area contributed by atoms with Gasteiger partial charge in [0.15, 0.2) is 0 Å². The zero-order valence-corrected chi connectivity index (χ0v) is 10.5. The first-order valence-electron chi connectivity index (χ1n) is 4.78. The minimum Gasteiger partial charge on any atom is -0.307 e. The van der Waals surface area contributed by atoms with E-state index in [0.29, 0.717) is 5.54 Å². The Labute approximate surface area is 98.0 Å². The highest BCUT2D eigenvalue weighted by Gasteiger charge is 2.36. The summed E-state index contributed by atoms with van der Waals surface area (Å²) < 4.78 is 1.03. The average molecular weight is 275 g/mol. The van der Waals surface area contributed by atoms with Crippen LogP contribution in [0.1, 0.15) is 25.3 Å². The van der Waals surface area contributed by atoms with Gasteiger partial charge in [0.2, 0.25) is 0 Å². The summed E-state index contributed by atoms with van der Waals surface area (Å²) in [6.07, 6.45) is 2.56. The highest BCUT2D eigenvalue weighted by atomic mass is 79.9. The van der Waals surface area contributed by atoms with E-state index in [2.05, 4.69) is 34.2 Å². The van der Waals surface area contributed by atoms with Gasteiger partial charge in [0.1, 0.15) is 0 Å². The molecule has 1 aliphatic carbocycles. The fourth-order valence-corrected chi connectivity index (χ4v) is 2.08. The first-order chi connectivity index (χ1) is 6.59. The summed E-state index contributed by atoms with van der Waals surface area (Å²) in [6, 6.07) is 6.02. The molecule has 1 fully saturated rings. The summed E-state index contributed by atoms with van der Waals surface area (Å²) in [5, 5.41) is 4.34. The SMILES string of the molecule is CC1(NCc2ccc(Br)cc2Cl)CC1. The second kappa shape index (κ2) is 3.84. The second-order valence-corrected chi connectivity index (χ2v) is 5.47. The summed E-state index contributed by atoms with van der Waals surface area (Å²) in [5.74, 6) is 0. The quantitative estimate of drug-likeness (QED) is 0.885. The van der Waals surface area contributed by atoms with Crippen molar-refractivity contribution in [2.24, 2.45) is 0 Å². The Morgan fingerprint density at radius 3 is 2.79 bits per heavy atom. The van der Waals surface area contributed by atoms with Gasteiger partial charge in [-0.3, -0.25) is 0 Å². The van der Waals surface area contributed by atoms with E-state index < -0.39 is 0 Å². The number of hydrogen-bond acceptors (Lipinski definition) is 1. The van der Waals surface area contributed by atoms with Crippen molar-refractivity contribution >= 4 is 27.5 Å². The lowest BCUT2D eigenvalue weighted by atomic mass is 10.2. The van der Waals surface area contributed by atoms with E-state index in [1.165, 1.54) is 18.4 Å². The van der Waals surface area contributed by atoms with Crippen molar-refractivity contribution in [3.8, 4) is 0 Å². The van der Waals surface area contributed by atoms with Gasteiger partial charge >= 0.3 is 0 Å². The van der Waals surface area contributed by atoms with Crippen LogP contribution in [0, 0.1) is 0 Å². The first kappa shape index (κ1) is 10.5. The Bertz CT molecular complexity index is 347. The van der Waals surface area contributed by atoms with Crippen LogP contribution in [0.3, 0.4) is 0 Å². The van der Waals surface area contributed by atoms with Gasteiger partial charge in [0.05, 0.1) is 0 Å². The van der Waals surface area contributed by atoms with Crippen LogP contribution in [0.25, 0.3) is 0 Å². The predicted octanol–water partition coefficient (Wildman–Crippen LogP) is 3.74. The zero-order chi connectivity index (χ0) is 10.2. The van der Waals surface area contributed by atoms with E-state index in [1.807, 2.05) is 12.1 Å². The molecule has 0 aliphatic heterocycles. The van der Waals surface area contributed by atoms with Crippen LogP contribution in [0.2, 0.25) is 5.02 Å². The number of benzene rings is 1. The molecule has 0 amide bonds. The Morgan fingerprint density at radius 1 is 1.50 bits per heavy atom. The molecule has 0 aromatic heterocycles. The van der Waals surface area contributed by atoms with Gasteiger partial charge in [-0.2, -0.15) is 0 Å². The van der Waals surface area contributed by atoms with E-state index in [9.17, 15) is 0 Å². The van der Waals surface area contributed by atoms with Gasteiger partial charge in [-0.15, -0.1) is 0 Å². The van der Waals surface area contributed by atoms with Crippen LogP contribution in [0.5, 0.6) is 0 Å². The van der Waals surface area contributed by atoms with Crippen molar-refractivity contribution in [2.45, 2.75) is 31.8 Å². The van der Waals surface area contributed by atoms with E-state index in [0.717, 1.165) is 16.0 Å². The van der Waals surface area contributed by atoms with E-state index in [1.54, 1.807) is 0 Å². The van der Waals surface area contributed by atoms with E-state index in [4.69, 9.17) is 11.6 Å². The molecule has 14 heavy (non-hydrogen) atoms. The maximum Gasteiger partial charge on any atom is 0.0462 e. The molecular weight excluding hydrogens is 261 g/mol. The third-order valence-corrected chi connectivity index (χ3v) is 3.57. The zero-order valence-electron chi connectivity index (χ0n) is 8.11. The highest BCUT2D eigenvalue weighted by molar-refractivity contribution is 9.10. The second-order valence-electron chi connectivity index (χ2n) is 4.15. The maximum absolute atomic E-state index is 6.11. The fourth-order valence-electron chi connectivity index (χ4n) is 1.34. The Hall–Kier alpha value is -0.0500. The molecule has 0 radical (unpaired) electrons. The van der Waals surface area contributed by atoms with Gasteiger partial charge in [-0.25, -0.2) is 0 Å². The summed E-state index contributed by atoms with van der Waals surface area (Å²) in [6.45, 7) is 3.11. The van der Waals surface area contributed by atoms with Crippen LogP contribution in [0.4, 0.5) is 0 Å². The third-order valence-electron chi connectivity index (χ3n) is 2.72. The molecule has 0 heterocycles. The van der Waals surface area contributed by atoms with Gasteiger partial charge in [-0.1, -0.05) is 33.6 Å². The molecule has 1 aromatic carbocycles. The normalized spacial score (nSPS) is 18.2. The molecule has 1 N–H and O–H groups in total. The average Bonchev–Trinajstić information content (AvgIpc) is 2.83. The molecule has 1 nitrogen and oxygen atoms in total. The van der Waals surface area contributed by atoms with Gasteiger partial charge in [0, 0.05) is 21.6 Å². The Morgan fingerprint density at radius 2 is 2.21 bits per heavy atom. The molecule has 0 unspecified atom stereocenters. The van der Waals surface area contributed by atoms with Gasteiger partial charge < -0.3 is 5.32 Å². The molecular formula is C11H13BrClN. The molecule has 2 rings (SSSR count). The number of nitrogens with one attached hydrogen (secondary N) is 1. The fraction of sp³-hybridized carbons (Fsp3) is 0.455. The molecule has 0 bridgehead atoms. The van der Waals surface area contributed by atoms with Crippen LogP contribution in [0.15, 0.2) is 22.7 Å². The highest BCUT2D eigenvalue weighted by Crippen LogP contribution is 2.35.